The van der Waals surface area contributed by atoms with Gasteiger partial charge in [-0.05, 0) is 26.3 Å². The van der Waals surface area contributed by atoms with Crippen LogP contribution < -0.4 is 10.6 Å². The highest BCUT2D eigenvalue weighted by atomic mass is 16.1. The van der Waals surface area contributed by atoms with Crippen LogP contribution in [-0.2, 0) is 4.79 Å². The number of rotatable bonds is 4. The standard InChI is InChI=1S/C11H21N3O/c1-14-7-6-12-10(8-14)4-5-11(15)13-9-2-3-9/h9-10,12H,2-8H2,1H3,(H,13,15). The van der Waals surface area contributed by atoms with Crippen molar-refractivity contribution in [2.24, 2.45) is 0 Å². The average molecular weight is 211 g/mol. The molecule has 0 aromatic rings. The molecule has 0 bridgehead atoms. The van der Waals surface area contributed by atoms with Crippen LogP contribution >= 0.6 is 0 Å². The maximum absolute atomic E-state index is 11.5. The highest BCUT2D eigenvalue weighted by Gasteiger charge is 2.24. The lowest BCUT2D eigenvalue weighted by atomic mass is 10.1. The minimum absolute atomic E-state index is 0.229. The van der Waals surface area contributed by atoms with Gasteiger partial charge in [-0.2, -0.15) is 0 Å². The molecule has 1 heterocycles. The van der Waals surface area contributed by atoms with Crippen molar-refractivity contribution in [1.29, 1.82) is 0 Å². The zero-order chi connectivity index (χ0) is 10.7. The Balaban J connectivity index is 1.61. The van der Waals surface area contributed by atoms with E-state index in [4.69, 9.17) is 0 Å². The number of amides is 1. The molecule has 15 heavy (non-hydrogen) atoms. The highest BCUT2D eigenvalue weighted by Crippen LogP contribution is 2.18. The first-order valence-corrected chi connectivity index (χ1v) is 5.95. The minimum atomic E-state index is 0.229. The average Bonchev–Trinajstić information content (AvgIpc) is 2.99. The highest BCUT2D eigenvalue weighted by molar-refractivity contribution is 5.76. The Morgan fingerprint density at radius 1 is 1.53 bits per heavy atom. The summed E-state index contributed by atoms with van der Waals surface area (Å²) in [6, 6.07) is 0.994. The van der Waals surface area contributed by atoms with E-state index in [2.05, 4.69) is 22.6 Å². The Morgan fingerprint density at radius 2 is 2.33 bits per heavy atom. The van der Waals surface area contributed by atoms with E-state index in [1.54, 1.807) is 0 Å². The largest absolute Gasteiger partial charge is 0.353 e. The molecule has 0 spiro atoms. The molecule has 1 unspecified atom stereocenters. The van der Waals surface area contributed by atoms with Gasteiger partial charge in [0.05, 0.1) is 0 Å². The summed E-state index contributed by atoms with van der Waals surface area (Å²) in [4.78, 5) is 13.8. The van der Waals surface area contributed by atoms with E-state index in [-0.39, 0.29) is 5.91 Å². The molecule has 0 aromatic carbocycles. The maximum Gasteiger partial charge on any atom is 0.220 e. The van der Waals surface area contributed by atoms with E-state index >= 15 is 0 Å². The predicted octanol–water partition coefficient (Wildman–Crippen LogP) is -0.0512. The molecule has 2 N–H and O–H groups in total. The molecule has 86 valence electrons. The summed E-state index contributed by atoms with van der Waals surface area (Å²) in [5.74, 6) is 0.229. The van der Waals surface area contributed by atoms with Gasteiger partial charge in [-0.15, -0.1) is 0 Å². The van der Waals surface area contributed by atoms with Crippen LogP contribution in [-0.4, -0.2) is 49.6 Å². The van der Waals surface area contributed by atoms with Crippen LogP contribution in [0.5, 0.6) is 0 Å². The number of piperazine rings is 1. The van der Waals surface area contributed by atoms with Crippen molar-refractivity contribution < 1.29 is 4.79 Å². The molecule has 1 amide bonds. The summed E-state index contributed by atoms with van der Waals surface area (Å²) in [7, 11) is 2.14. The molecule has 0 aromatic heterocycles. The lowest BCUT2D eigenvalue weighted by Crippen LogP contribution is -2.49. The first-order chi connectivity index (χ1) is 7.24. The van der Waals surface area contributed by atoms with Crippen LogP contribution in [0.15, 0.2) is 0 Å². The molecule has 4 nitrogen and oxygen atoms in total. The first kappa shape index (κ1) is 10.9. The smallest absolute Gasteiger partial charge is 0.220 e. The van der Waals surface area contributed by atoms with Gasteiger partial charge in [-0.1, -0.05) is 0 Å². The van der Waals surface area contributed by atoms with Gasteiger partial charge in [-0.3, -0.25) is 4.79 Å². The van der Waals surface area contributed by atoms with Crippen molar-refractivity contribution in [3.63, 3.8) is 0 Å². The van der Waals surface area contributed by atoms with E-state index in [0.29, 0.717) is 18.5 Å². The zero-order valence-corrected chi connectivity index (χ0v) is 9.46. The zero-order valence-electron chi connectivity index (χ0n) is 9.46. The van der Waals surface area contributed by atoms with Crippen molar-refractivity contribution in [1.82, 2.24) is 15.5 Å². The Labute approximate surface area is 91.4 Å². The van der Waals surface area contributed by atoms with Crippen LogP contribution in [0.1, 0.15) is 25.7 Å². The Kier molecular flexibility index (Phi) is 3.59. The number of hydrogen-bond acceptors (Lipinski definition) is 3. The molecule has 1 aliphatic carbocycles. The third kappa shape index (κ3) is 3.80. The van der Waals surface area contributed by atoms with Crippen LogP contribution in [0.2, 0.25) is 0 Å². The second-order valence-electron chi connectivity index (χ2n) is 4.79. The summed E-state index contributed by atoms with van der Waals surface area (Å²) in [5, 5.41) is 6.48. The molecule has 1 saturated heterocycles. The van der Waals surface area contributed by atoms with E-state index in [9.17, 15) is 4.79 Å². The van der Waals surface area contributed by atoms with Crippen LogP contribution in [0.4, 0.5) is 0 Å². The van der Waals surface area contributed by atoms with Gasteiger partial charge >= 0.3 is 0 Å². The summed E-state index contributed by atoms with van der Waals surface area (Å²) in [6.07, 6.45) is 3.98. The fourth-order valence-corrected chi connectivity index (χ4v) is 2.02. The number of nitrogens with one attached hydrogen (secondary N) is 2. The van der Waals surface area contributed by atoms with E-state index in [1.807, 2.05) is 0 Å². The van der Waals surface area contributed by atoms with Gasteiger partial charge < -0.3 is 15.5 Å². The molecule has 1 saturated carbocycles. The van der Waals surface area contributed by atoms with Crippen LogP contribution in [0.3, 0.4) is 0 Å². The van der Waals surface area contributed by atoms with Crippen LogP contribution in [0.25, 0.3) is 0 Å². The Hall–Kier alpha value is -0.610. The van der Waals surface area contributed by atoms with Gasteiger partial charge in [0.15, 0.2) is 0 Å². The van der Waals surface area contributed by atoms with E-state index in [1.165, 1.54) is 12.8 Å². The summed E-state index contributed by atoms with van der Waals surface area (Å²) < 4.78 is 0. The molecule has 2 fully saturated rings. The van der Waals surface area contributed by atoms with E-state index in [0.717, 1.165) is 26.1 Å². The lowest BCUT2D eigenvalue weighted by Gasteiger charge is -2.30. The minimum Gasteiger partial charge on any atom is -0.353 e. The SMILES string of the molecule is CN1CCNC(CCC(=O)NC2CC2)C1. The lowest BCUT2D eigenvalue weighted by molar-refractivity contribution is -0.121. The number of likely N-dealkylation sites (N-methyl/N-ethyl adjacent to an activating group) is 1. The van der Waals surface area contributed by atoms with Gasteiger partial charge in [-0.25, -0.2) is 0 Å². The fourth-order valence-electron chi connectivity index (χ4n) is 2.02. The molecule has 4 heteroatoms. The van der Waals surface area contributed by atoms with Crippen molar-refractivity contribution in [2.75, 3.05) is 26.7 Å². The first-order valence-electron chi connectivity index (χ1n) is 5.95. The molecular weight excluding hydrogens is 190 g/mol. The number of carbonyl (C=O) groups is 1. The number of nitrogens with zero attached hydrogens (tertiary/aromatic N) is 1. The normalized spacial score (nSPS) is 27.7. The molecule has 1 aliphatic heterocycles. The predicted molar refractivity (Wildman–Crippen MR) is 59.7 cm³/mol. The topological polar surface area (TPSA) is 44.4 Å². The maximum atomic E-state index is 11.5. The van der Waals surface area contributed by atoms with Gasteiger partial charge in [0.2, 0.25) is 5.91 Å². The second-order valence-corrected chi connectivity index (χ2v) is 4.79. The third-order valence-corrected chi connectivity index (χ3v) is 3.12. The molecule has 0 radical (unpaired) electrons. The van der Waals surface area contributed by atoms with Gasteiger partial charge in [0.25, 0.3) is 0 Å². The summed E-state index contributed by atoms with van der Waals surface area (Å²) >= 11 is 0. The van der Waals surface area contributed by atoms with Crippen molar-refractivity contribution >= 4 is 5.91 Å². The monoisotopic (exact) mass is 211 g/mol. The Morgan fingerprint density at radius 3 is 3.00 bits per heavy atom. The van der Waals surface area contributed by atoms with Crippen molar-refractivity contribution in [3.8, 4) is 0 Å². The molecule has 2 aliphatic rings. The second kappa shape index (κ2) is 4.94. The van der Waals surface area contributed by atoms with Crippen molar-refractivity contribution in [3.05, 3.63) is 0 Å². The van der Waals surface area contributed by atoms with E-state index < -0.39 is 0 Å². The summed E-state index contributed by atoms with van der Waals surface area (Å²) in [6.45, 7) is 3.23. The summed E-state index contributed by atoms with van der Waals surface area (Å²) in [5.41, 5.74) is 0. The number of carbonyl (C=O) groups excluding carboxylic acids is 1. The third-order valence-electron chi connectivity index (χ3n) is 3.12. The fraction of sp³-hybridized carbons (Fsp3) is 0.909. The van der Waals surface area contributed by atoms with Crippen molar-refractivity contribution in [2.45, 2.75) is 37.8 Å². The van der Waals surface area contributed by atoms with Gasteiger partial charge in [0.1, 0.15) is 0 Å². The molecule has 2 rings (SSSR count). The quantitative estimate of drug-likeness (QED) is 0.685. The molecule has 1 atom stereocenters. The number of hydrogen-bond donors (Lipinski definition) is 2. The van der Waals surface area contributed by atoms with Crippen LogP contribution in [0, 0.1) is 0 Å². The van der Waals surface area contributed by atoms with Gasteiger partial charge in [0, 0.05) is 38.1 Å². The Bertz CT molecular complexity index is 228. The molecular formula is C11H21N3O.